The first-order chi connectivity index (χ1) is 6.99. The van der Waals surface area contributed by atoms with E-state index in [2.05, 4.69) is 10.3 Å². The number of carboxylic acid groups (broad SMARTS) is 1. The van der Waals surface area contributed by atoms with E-state index >= 15 is 0 Å². The number of aromatic nitrogens is 1. The number of thiazole rings is 1. The molecule has 1 amide bonds. The standard InChI is InChI=1S/C9H12N2O3S/c1-3-9(2,8(13)14)11-7(12)6-4-10-5-15-6/h4-5H,3H2,1-2H3,(H,11,12)(H,13,14). The van der Waals surface area contributed by atoms with Gasteiger partial charge in [0.15, 0.2) is 0 Å². The molecule has 0 bridgehead atoms. The fourth-order valence-electron chi connectivity index (χ4n) is 0.933. The zero-order valence-corrected chi connectivity index (χ0v) is 9.30. The molecule has 0 saturated carbocycles. The zero-order chi connectivity index (χ0) is 11.5. The van der Waals surface area contributed by atoms with Crippen molar-refractivity contribution in [2.24, 2.45) is 0 Å². The van der Waals surface area contributed by atoms with E-state index in [0.29, 0.717) is 11.3 Å². The predicted octanol–water partition coefficient (Wildman–Crippen LogP) is 1.13. The Labute approximate surface area is 91.1 Å². The Hall–Kier alpha value is -1.43. The van der Waals surface area contributed by atoms with Crippen molar-refractivity contribution < 1.29 is 14.7 Å². The summed E-state index contributed by atoms with van der Waals surface area (Å²) in [5, 5.41) is 11.4. The van der Waals surface area contributed by atoms with Crippen LogP contribution in [0.4, 0.5) is 0 Å². The molecule has 1 rings (SSSR count). The molecule has 0 aromatic carbocycles. The van der Waals surface area contributed by atoms with Crippen molar-refractivity contribution in [2.45, 2.75) is 25.8 Å². The molecule has 0 spiro atoms. The second kappa shape index (κ2) is 4.39. The zero-order valence-electron chi connectivity index (χ0n) is 8.48. The number of nitrogens with one attached hydrogen (secondary N) is 1. The third-order valence-corrected chi connectivity index (χ3v) is 3.00. The van der Waals surface area contributed by atoms with Gasteiger partial charge < -0.3 is 10.4 Å². The fraction of sp³-hybridized carbons (Fsp3) is 0.444. The molecular formula is C9H12N2O3S. The first kappa shape index (κ1) is 11.6. The summed E-state index contributed by atoms with van der Waals surface area (Å²) in [4.78, 5) is 26.7. The van der Waals surface area contributed by atoms with Crippen molar-refractivity contribution in [1.82, 2.24) is 10.3 Å². The van der Waals surface area contributed by atoms with Crippen LogP contribution in [0.2, 0.25) is 0 Å². The molecule has 0 aliphatic heterocycles. The smallest absolute Gasteiger partial charge is 0.329 e. The quantitative estimate of drug-likeness (QED) is 0.809. The van der Waals surface area contributed by atoms with Crippen LogP contribution in [0.3, 0.4) is 0 Å². The molecule has 2 N–H and O–H groups in total. The Kier molecular flexibility index (Phi) is 3.41. The minimum Gasteiger partial charge on any atom is -0.480 e. The lowest BCUT2D eigenvalue weighted by Crippen LogP contribution is -2.51. The van der Waals surface area contributed by atoms with E-state index < -0.39 is 17.4 Å². The third kappa shape index (κ3) is 2.53. The summed E-state index contributed by atoms with van der Waals surface area (Å²) in [6.45, 7) is 3.19. The topological polar surface area (TPSA) is 79.3 Å². The highest BCUT2D eigenvalue weighted by atomic mass is 32.1. The van der Waals surface area contributed by atoms with Gasteiger partial charge in [-0.2, -0.15) is 0 Å². The predicted molar refractivity (Wildman–Crippen MR) is 55.9 cm³/mol. The van der Waals surface area contributed by atoms with Gasteiger partial charge in [0.05, 0.1) is 11.7 Å². The fourth-order valence-corrected chi connectivity index (χ4v) is 1.45. The van der Waals surface area contributed by atoms with E-state index in [4.69, 9.17) is 5.11 Å². The number of aliphatic carboxylic acids is 1. The highest BCUT2D eigenvalue weighted by molar-refractivity contribution is 7.11. The van der Waals surface area contributed by atoms with Crippen LogP contribution in [0.1, 0.15) is 29.9 Å². The van der Waals surface area contributed by atoms with Gasteiger partial charge in [-0.15, -0.1) is 11.3 Å². The van der Waals surface area contributed by atoms with E-state index in [-0.39, 0.29) is 0 Å². The molecule has 15 heavy (non-hydrogen) atoms. The molecule has 0 saturated heterocycles. The van der Waals surface area contributed by atoms with Gasteiger partial charge in [0, 0.05) is 0 Å². The molecular weight excluding hydrogens is 216 g/mol. The lowest BCUT2D eigenvalue weighted by molar-refractivity contribution is -0.143. The monoisotopic (exact) mass is 228 g/mol. The van der Waals surface area contributed by atoms with Crippen molar-refractivity contribution in [2.75, 3.05) is 0 Å². The number of hydrogen-bond donors (Lipinski definition) is 2. The molecule has 82 valence electrons. The molecule has 1 aromatic rings. The SMILES string of the molecule is CCC(C)(NC(=O)c1cncs1)C(=O)O. The molecule has 0 fully saturated rings. The van der Waals surface area contributed by atoms with Crippen molar-refractivity contribution in [3.05, 3.63) is 16.6 Å². The minimum atomic E-state index is -1.22. The number of amides is 1. The van der Waals surface area contributed by atoms with Crippen LogP contribution in [0.5, 0.6) is 0 Å². The molecule has 1 unspecified atom stereocenters. The number of rotatable bonds is 4. The average Bonchev–Trinajstić information content (AvgIpc) is 2.70. The van der Waals surface area contributed by atoms with Gasteiger partial charge in [-0.25, -0.2) is 4.79 Å². The summed E-state index contributed by atoms with van der Waals surface area (Å²) >= 11 is 1.18. The van der Waals surface area contributed by atoms with Crippen LogP contribution in [-0.4, -0.2) is 27.5 Å². The highest BCUT2D eigenvalue weighted by Gasteiger charge is 2.33. The van der Waals surface area contributed by atoms with E-state index in [9.17, 15) is 9.59 Å². The number of carbonyl (C=O) groups is 2. The Morgan fingerprint density at radius 2 is 2.33 bits per heavy atom. The maximum absolute atomic E-state index is 11.6. The van der Waals surface area contributed by atoms with Gasteiger partial charge in [0.25, 0.3) is 5.91 Å². The first-order valence-electron chi connectivity index (χ1n) is 4.44. The second-order valence-corrected chi connectivity index (χ2v) is 4.20. The van der Waals surface area contributed by atoms with Crippen molar-refractivity contribution in [3.8, 4) is 0 Å². The van der Waals surface area contributed by atoms with Crippen LogP contribution in [0, 0.1) is 0 Å². The summed E-state index contributed by atoms with van der Waals surface area (Å²) in [5.74, 6) is -1.44. The van der Waals surface area contributed by atoms with Crippen molar-refractivity contribution in [1.29, 1.82) is 0 Å². The van der Waals surface area contributed by atoms with Gasteiger partial charge in [0.2, 0.25) is 0 Å². The van der Waals surface area contributed by atoms with Crippen LogP contribution < -0.4 is 5.32 Å². The average molecular weight is 228 g/mol. The molecule has 0 aliphatic carbocycles. The molecule has 0 radical (unpaired) electrons. The summed E-state index contributed by atoms with van der Waals surface area (Å²) in [7, 11) is 0. The molecule has 0 aliphatic rings. The third-order valence-electron chi connectivity index (χ3n) is 2.22. The van der Waals surface area contributed by atoms with Crippen molar-refractivity contribution >= 4 is 23.2 Å². The number of hydrogen-bond acceptors (Lipinski definition) is 4. The van der Waals surface area contributed by atoms with Crippen LogP contribution in [-0.2, 0) is 4.79 Å². The molecule has 5 nitrogen and oxygen atoms in total. The highest BCUT2D eigenvalue weighted by Crippen LogP contribution is 2.12. The largest absolute Gasteiger partial charge is 0.480 e. The van der Waals surface area contributed by atoms with Gasteiger partial charge >= 0.3 is 5.97 Å². The second-order valence-electron chi connectivity index (χ2n) is 3.31. The lowest BCUT2D eigenvalue weighted by atomic mass is 9.99. The van der Waals surface area contributed by atoms with Crippen LogP contribution >= 0.6 is 11.3 Å². The van der Waals surface area contributed by atoms with E-state index in [1.807, 2.05) is 0 Å². The summed E-state index contributed by atoms with van der Waals surface area (Å²) in [6.07, 6.45) is 1.74. The molecule has 1 heterocycles. The Balaban J connectivity index is 2.77. The van der Waals surface area contributed by atoms with Gasteiger partial charge in [-0.3, -0.25) is 9.78 Å². The van der Waals surface area contributed by atoms with Crippen LogP contribution in [0.15, 0.2) is 11.7 Å². The lowest BCUT2D eigenvalue weighted by Gasteiger charge is -2.23. The van der Waals surface area contributed by atoms with E-state index in [1.165, 1.54) is 30.0 Å². The van der Waals surface area contributed by atoms with E-state index in [1.54, 1.807) is 6.92 Å². The Morgan fingerprint density at radius 1 is 1.67 bits per heavy atom. The van der Waals surface area contributed by atoms with Crippen molar-refractivity contribution in [3.63, 3.8) is 0 Å². The van der Waals surface area contributed by atoms with Gasteiger partial charge in [-0.1, -0.05) is 6.92 Å². The summed E-state index contributed by atoms with van der Waals surface area (Å²) < 4.78 is 0. The normalized spacial score (nSPS) is 14.3. The molecule has 6 heteroatoms. The maximum atomic E-state index is 11.6. The van der Waals surface area contributed by atoms with Crippen LogP contribution in [0.25, 0.3) is 0 Å². The number of nitrogens with zero attached hydrogens (tertiary/aromatic N) is 1. The summed E-state index contributed by atoms with van der Waals surface area (Å²) in [6, 6.07) is 0. The van der Waals surface area contributed by atoms with E-state index in [0.717, 1.165) is 0 Å². The van der Waals surface area contributed by atoms with Gasteiger partial charge in [-0.05, 0) is 13.3 Å². The molecule has 1 aromatic heterocycles. The molecule has 1 atom stereocenters. The maximum Gasteiger partial charge on any atom is 0.329 e. The minimum absolute atomic E-state index is 0.326. The van der Waals surface area contributed by atoms with Gasteiger partial charge in [0.1, 0.15) is 10.4 Å². The Morgan fingerprint density at radius 3 is 2.73 bits per heavy atom. The first-order valence-corrected chi connectivity index (χ1v) is 5.32. The summed E-state index contributed by atoms with van der Waals surface area (Å²) in [5.41, 5.74) is 0.306. The number of carboxylic acids is 1. The number of carbonyl (C=O) groups excluding carboxylic acids is 1. The Bertz CT molecular complexity index is 363.